The maximum absolute atomic E-state index is 5.85. The van der Waals surface area contributed by atoms with Crippen LogP contribution in [0.25, 0.3) is 0 Å². The molecule has 0 spiro atoms. The number of hydrogen-bond donors (Lipinski definition) is 1. The van der Waals surface area contributed by atoms with E-state index in [1.807, 2.05) is 0 Å². The van der Waals surface area contributed by atoms with Gasteiger partial charge in [0.2, 0.25) is 0 Å². The largest absolute Gasteiger partial charge is 0.376 e. The molecule has 2 unspecified atom stereocenters. The topological polar surface area (TPSA) is 24.5 Å². The number of nitrogens with one attached hydrogen (secondary N) is 1. The summed E-state index contributed by atoms with van der Waals surface area (Å²) < 4.78 is 5.85. The van der Waals surface area contributed by atoms with Crippen LogP contribution in [0.1, 0.15) is 60.8 Å². The molecule has 0 aromatic carbocycles. The number of morpholine rings is 1. The lowest BCUT2D eigenvalue weighted by Crippen LogP contribution is -2.54. The predicted octanol–water partition coefficient (Wildman–Crippen LogP) is 3.54. The lowest BCUT2D eigenvalue weighted by molar-refractivity contribution is -0.0702. The molecule has 3 nitrogen and oxygen atoms in total. The normalized spacial score (nSPS) is 24.7. The predicted molar refractivity (Wildman–Crippen MR) is 91.8 cm³/mol. The maximum Gasteiger partial charge on any atom is 0.0674 e. The van der Waals surface area contributed by atoms with Crippen LogP contribution in [-0.4, -0.2) is 49.8 Å². The van der Waals surface area contributed by atoms with Crippen molar-refractivity contribution < 1.29 is 4.74 Å². The van der Waals surface area contributed by atoms with E-state index in [9.17, 15) is 0 Å². The smallest absolute Gasteiger partial charge is 0.0674 e. The van der Waals surface area contributed by atoms with E-state index in [0.717, 1.165) is 32.2 Å². The van der Waals surface area contributed by atoms with E-state index in [2.05, 4.69) is 51.8 Å². The molecule has 0 saturated carbocycles. The summed E-state index contributed by atoms with van der Waals surface area (Å²) in [6, 6.07) is 0.601. The Morgan fingerprint density at radius 2 is 1.90 bits per heavy atom. The second kappa shape index (κ2) is 9.12. The highest BCUT2D eigenvalue weighted by Gasteiger charge is 2.34. The summed E-state index contributed by atoms with van der Waals surface area (Å²) in [5.41, 5.74) is 0.402. The van der Waals surface area contributed by atoms with Crippen LogP contribution in [0, 0.1) is 11.3 Å². The van der Waals surface area contributed by atoms with Gasteiger partial charge in [0, 0.05) is 25.7 Å². The Morgan fingerprint density at radius 3 is 2.43 bits per heavy atom. The number of ether oxygens (including phenoxy) is 1. The molecule has 0 aromatic heterocycles. The molecule has 1 fully saturated rings. The molecule has 0 radical (unpaired) electrons. The molecule has 2 atom stereocenters. The van der Waals surface area contributed by atoms with Crippen molar-refractivity contribution >= 4 is 0 Å². The number of rotatable bonds is 9. The highest BCUT2D eigenvalue weighted by atomic mass is 16.5. The molecule has 1 N–H and O–H groups in total. The second-order valence-corrected chi connectivity index (χ2v) is 7.37. The van der Waals surface area contributed by atoms with Crippen LogP contribution in [0.5, 0.6) is 0 Å². The van der Waals surface area contributed by atoms with Gasteiger partial charge in [0.1, 0.15) is 0 Å². The average molecular weight is 299 g/mol. The van der Waals surface area contributed by atoms with Crippen LogP contribution in [0.4, 0.5) is 0 Å². The van der Waals surface area contributed by atoms with E-state index >= 15 is 0 Å². The Morgan fingerprint density at radius 1 is 1.24 bits per heavy atom. The monoisotopic (exact) mass is 298 g/mol. The zero-order valence-corrected chi connectivity index (χ0v) is 15.2. The maximum atomic E-state index is 5.85. The van der Waals surface area contributed by atoms with Gasteiger partial charge in [-0.2, -0.15) is 0 Å². The molecule has 1 aliphatic heterocycles. The van der Waals surface area contributed by atoms with Crippen LogP contribution in [0.2, 0.25) is 0 Å². The van der Waals surface area contributed by atoms with Crippen LogP contribution in [0.15, 0.2) is 0 Å². The van der Waals surface area contributed by atoms with Crippen molar-refractivity contribution in [3.8, 4) is 0 Å². The Bertz CT molecular complexity index is 276. The van der Waals surface area contributed by atoms with Gasteiger partial charge in [-0.05, 0) is 44.1 Å². The standard InChI is InChI=1S/C18H38N2O/c1-7-17-12-21-16(6)11-20(17)14-18(8-2,9-3)13-19-10-15(4)5/h15-17,19H,7-14H2,1-6H3. The van der Waals surface area contributed by atoms with Crippen molar-refractivity contribution in [3.05, 3.63) is 0 Å². The molecule has 1 rings (SSSR count). The van der Waals surface area contributed by atoms with Gasteiger partial charge in [0.05, 0.1) is 12.7 Å². The molecule has 3 heteroatoms. The summed E-state index contributed by atoms with van der Waals surface area (Å²) >= 11 is 0. The van der Waals surface area contributed by atoms with Crippen molar-refractivity contribution in [2.45, 2.75) is 73.0 Å². The summed E-state index contributed by atoms with van der Waals surface area (Å²) in [6.45, 7) is 19.2. The minimum atomic E-state index is 0.378. The zero-order chi connectivity index (χ0) is 15.9. The minimum Gasteiger partial charge on any atom is -0.376 e. The van der Waals surface area contributed by atoms with Crippen molar-refractivity contribution in [1.29, 1.82) is 0 Å². The molecule has 21 heavy (non-hydrogen) atoms. The number of nitrogens with zero attached hydrogens (tertiary/aromatic N) is 1. The summed E-state index contributed by atoms with van der Waals surface area (Å²) in [5.74, 6) is 0.725. The van der Waals surface area contributed by atoms with Gasteiger partial charge in [-0.1, -0.05) is 34.6 Å². The third-order valence-corrected chi connectivity index (χ3v) is 5.14. The molecule has 0 aliphatic carbocycles. The molecular formula is C18H38N2O. The molecule has 0 amide bonds. The second-order valence-electron chi connectivity index (χ2n) is 7.37. The molecule has 126 valence electrons. The SMILES string of the molecule is CCC1COC(C)CN1CC(CC)(CC)CNCC(C)C. The first-order valence-electron chi connectivity index (χ1n) is 9.02. The summed E-state index contributed by atoms with van der Waals surface area (Å²) in [6.07, 6.45) is 4.06. The summed E-state index contributed by atoms with van der Waals surface area (Å²) in [5, 5.41) is 3.70. The van der Waals surface area contributed by atoms with Gasteiger partial charge in [-0.25, -0.2) is 0 Å². The van der Waals surface area contributed by atoms with Gasteiger partial charge >= 0.3 is 0 Å². The van der Waals surface area contributed by atoms with Crippen molar-refractivity contribution in [1.82, 2.24) is 10.2 Å². The van der Waals surface area contributed by atoms with Gasteiger partial charge in [-0.3, -0.25) is 4.90 Å². The fraction of sp³-hybridized carbons (Fsp3) is 1.00. The van der Waals surface area contributed by atoms with E-state index in [0.29, 0.717) is 17.6 Å². The van der Waals surface area contributed by atoms with Gasteiger partial charge in [0.25, 0.3) is 0 Å². The van der Waals surface area contributed by atoms with Gasteiger partial charge in [0.15, 0.2) is 0 Å². The van der Waals surface area contributed by atoms with Crippen molar-refractivity contribution in [3.63, 3.8) is 0 Å². The first-order chi connectivity index (χ1) is 9.96. The van der Waals surface area contributed by atoms with Crippen LogP contribution in [-0.2, 0) is 4.74 Å². The van der Waals surface area contributed by atoms with Gasteiger partial charge in [-0.15, -0.1) is 0 Å². The Balaban J connectivity index is 2.65. The molecular weight excluding hydrogens is 260 g/mol. The first-order valence-corrected chi connectivity index (χ1v) is 9.02. The van der Waals surface area contributed by atoms with E-state index in [1.165, 1.54) is 25.8 Å². The quantitative estimate of drug-likeness (QED) is 0.704. The van der Waals surface area contributed by atoms with E-state index < -0.39 is 0 Å². The van der Waals surface area contributed by atoms with Crippen LogP contribution < -0.4 is 5.32 Å². The Hall–Kier alpha value is -0.120. The zero-order valence-electron chi connectivity index (χ0n) is 15.2. The van der Waals surface area contributed by atoms with E-state index in [-0.39, 0.29) is 0 Å². The molecule has 0 aromatic rings. The average Bonchev–Trinajstić information content (AvgIpc) is 2.46. The summed E-state index contributed by atoms with van der Waals surface area (Å²) in [4.78, 5) is 2.69. The minimum absolute atomic E-state index is 0.378. The third-order valence-electron chi connectivity index (χ3n) is 5.14. The highest BCUT2D eigenvalue weighted by Crippen LogP contribution is 2.29. The summed E-state index contributed by atoms with van der Waals surface area (Å²) in [7, 11) is 0. The molecule has 0 bridgehead atoms. The van der Waals surface area contributed by atoms with Crippen LogP contribution >= 0.6 is 0 Å². The fourth-order valence-electron chi connectivity index (χ4n) is 3.32. The van der Waals surface area contributed by atoms with Gasteiger partial charge < -0.3 is 10.1 Å². The highest BCUT2D eigenvalue weighted by molar-refractivity contribution is 4.87. The molecule has 1 heterocycles. The van der Waals surface area contributed by atoms with Crippen molar-refractivity contribution in [2.75, 3.05) is 32.8 Å². The fourth-order valence-corrected chi connectivity index (χ4v) is 3.32. The van der Waals surface area contributed by atoms with E-state index in [1.54, 1.807) is 0 Å². The number of hydrogen-bond acceptors (Lipinski definition) is 3. The molecule has 1 aliphatic rings. The Labute approximate surface area is 132 Å². The lowest BCUT2D eigenvalue weighted by atomic mass is 9.81. The lowest BCUT2D eigenvalue weighted by Gasteiger charge is -2.44. The third kappa shape index (κ3) is 5.88. The first kappa shape index (κ1) is 18.9. The van der Waals surface area contributed by atoms with Crippen LogP contribution in [0.3, 0.4) is 0 Å². The Kier molecular flexibility index (Phi) is 8.22. The van der Waals surface area contributed by atoms with E-state index in [4.69, 9.17) is 4.74 Å². The molecule has 1 saturated heterocycles. The van der Waals surface area contributed by atoms with Crippen molar-refractivity contribution in [2.24, 2.45) is 11.3 Å².